The highest BCUT2D eigenvalue weighted by atomic mass is 16.5. The van der Waals surface area contributed by atoms with E-state index in [-0.39, 0.29) is 11.9 Å². The smallest absolute Gasteiger partial charge is 0.261 e. The lowest BCUT2D eigenvalue weighted by Crippen LogP contribution is -2.45. The maximum atomic E-state index is 12.2. The lowest BCUT2D eigenvalue weighted by atomic mass is 10.0. The number of hydrogen-bond acceptors (Lipinski definition) is 3. The first-order valence-electron chi connectivity index (χ1n) is 7.34. The zero-order chi connectivity index (χ0) is 14.5. The van der Waals surface area contributed by atoms with Gasteiger partial charge in [0.25, 0.3) is 5.91 Å². The maximum Gasteiger partial charge on any atom is 0.261 e. The molecule has 1 aliphatic carbocycles. The van der Waals surface area contributed by atoms with Crippen LogP contribution in [0, 0.1) is 12.8 Å². The van der Waals surface area contributed by atoms with Crippen molar-refractivity contribution in [3.05, 3.63) is 29.8 Å². The van der Waals surface area contributed by atoms with Crippen molar-refractivity contribution in [2.75, 3.05) is 6.54 Å². The lowest BCUT2D eigenvalue weighted by molar-refractivity contribution is -0.128. The Balaban J connectivity index is 1.87. The zero-order valence-electron chi connectivity index (χ0n) is 12.3. The number of nitrogens with one attached hydrogen (secondary N) is 1. The van der Waals surface area contributed by atoms with Crippen molar-refractivity contribution in [3.8, 4) is 5.75 Å². The summed E-state index contributed by atoms with van der Waals surface area (Å²) in [6, 6.07) is 7.92. The van der Waals surface area contributed by atoms with Gasteiger partial charge in [0, 0.05) is 6.04 Å². The van der Waals surface area contributed by atoms with Crippen LogP contribution in [-0.4, -0.2) is 24.6 Å². The van der Waals surface area contributed by atoms with Gasteiger partial charge in [0.2, 0.25) is 0 Å². The van der Waals surface area contributed by atoms with Gasteiger partial charge in [-0.25, -0.2) is 0 Å². The Bertz CT molecular complexity index is 444. The van der Waals surface area contributed by atoms with Crippen molar-refractivity contribution in [3.63, 3.8) is 0 Å². The molecule has 0 spiro atoms. The van der Waals surface area contributed by atoms with Crippen molar-refractivity contribution in [2.45, 2.75) is 45.3 Å². The topological polar surface area (TPSA) is 64.3 Å². The second-order valence-corrected chi connectivity index (χ2v) is 5.61. The predicted octanol–water partition coefficient (Wildman–Crippen LogP) is 2.01. The number of carbonyl (C=O) groups excluding carboxylic acids is 1. The van der Waals surface area contributed by atoms with Gasteiger partial charge in [0.15, 0.2) is 6.10 Å². The number of hydrogen-bond donors (Lipinski definition) is 2. The molecule has 110 valence electrons. The van der Waals surface area contributed by atoms with Gasteiger partial charge in [-0.2, -0.15) is 0 Å². The Labute approximate surface area is 120 Å². The number of nitrogens with two attached hydrogens (primary N) is 1. The van der Waals surface area contributed by atoms with E-state index in [0.29, 0.717) is 12.5 Å². The zero-order valence-corrected chi connectivity index (χ0v) is 12.3. The van der Waals surface area contributed by atoms with Gasteiger partial charge in [-0.15, -0.1) is 0 Å². The van der Waals surface area contributed by atoms with Gasteiger partial charge >= 0.3 is 0 Å². The molecule has 1 aromatic carbocycles. The molecule has 1 saturated carbocycles. The standard InChI is InChI=1S/C16H24N2O2/c1-11-6-8-14(9-7-11)20-12(2)16(19)18-15-5-3-4-13(15)10-17/h6-9,12-13,15H,3-5,10,17H2,1-2H3,(H,18,19). The van der Waals surface area contributed by atoms with E-state index in [1.165, 1.54) is 5.56 Å². The Kier molecular flexibility index (Phi) is 5.01. The van der Waals surface area contributed by atoms with Crippen molar-refractivity contribution >= 4 is 5.91 Å². The van der Waals surface area contributed by atoms with Crippen LogP contribution >= 0.6 is 0 Å². The molecule has 1 fully saturated rings. The van der Waals surface area contributed by atoms with E-state index in [1.54, 1.807) is 6.92 Å². The molecule has 3 N–H and O–H groups in total. The summed E-state index contributed by atoms with van der Waals surface area (Å²) in [6.45, 7) is 4.44. The van der Waals surface area contributed by atoms with Crippen LogP contribution in [0.5, 0.6) is 5.75 Å². The molecule has 0 bridgehead atoms. The Morgan fingerprint density at radius 2 is 2.10 bits per heavy atom. The van der Waals surface area contributed by atoms with E-state index in [9.17, 15) is 4.79 Å². The van der Waals surface area contributed by atoms with E-state index < -0.39 is 6.10 Å². The SMILES string of the molecule is Cc1ccc(OC(C)C(=O)NC2CCCC2CN)cc1. The molecule has 0 aromatic heterocycles. The Morgan fingerprint density at radius 3 is 2.75 bits per heavy atom. The van der Waals surface area contributed by atoms with Gasteiger partial charge < -0.3 is 15.8 Å². The van der Waals surface area contributed by atoms with Gasteiger partial charge in [-0.1, -0.05) is 24.1 Å². The highest BCUT2D eigenvalue weighted by Gasteiger charge is 2.29. The molecule has 0 heterocycles. The fourth-order valence-corrected chi connectivity index (χ4v) is 2.68. The van der Waals surface area contributed by atoms with Gasteiger partial charge in [-0.3, -0.25) is 4.79 Å². The summed E-state index contributed by atoms with van der Waals surface area (Å²) in [6.07, 6.45) is 2.77. The molecule has 1 aliphatic rings. The highest BCUT2D eigenvalue weighted by molar-refractivity contribution is 5.81. The van der Waals surface area contributed by atoms with E-state index in [1.807, 2.05) is 31.2 Å². The minimum atomic E-state index is -0.489. The number of rotatable bonds is 5. The first-order chi connectivity index (χ1) is 9.60. The average molecular weight is 276 g/mol. The molecule has 20 heavy (non-hydrogen) atoms. The van der Waals surface area contributed by atoms with Gasteiger partial charge in [-0.05, 0) is 51.3 Å². The molecular formula is C16H24N2O2. The van der Waals surface area contributed by atoms with E-state index in [4.69, 9.17) is 10.5 Å². The van der Waals surface area contributed by atoms with Crippen molar-refractivity contribution < 1.29 is 9.53 Å². The Hall–Kier alpha value is -1.55. The third-order valence-electron chi connectivity index (χ3n) is 3.99. The third-order valence-corrected chi connectivity index (χ3v) is 3.99. The largest absolute Gasteiger partial charge is 0.481 e. The molecule has 4 heteroatoms. The molecule has 4 nitrogen and oxygen atoms in total. The summed E-state index contributed by atoms with van der Waals surface area (Å²) >= 11 is 0. The fraction of sp³-hybridized carbons (Fsp3) is 0.562. The van der Waals surface area contributed by atoms with Crippen LogP contribution in [0.3, 0.4) is 0 Å². The maximum absolute atomic E-state index is 12.2. The molecule has 0 aliphatic heterocycles. The van der Waals surface area contributed by atoms with Crippen molar-refractivity contribution in [1.29, 1.82) is 0 Å². The number of benzene rings is 1. The molecule has 2 rings (SSSR count). The first-order valence-corrected chi connectivity index (χ1v) is 7.34. The second kappa shape index (κ2) is 6.75. The van der Waals surface area contributed by atoms with E-state index >= 15 is 0 Å². The fourth-order valence-electron chi connectivity index (χ4n) is 2.68. The monoisotopic (exact) mass is 276 g/mol. The predicted molar refractivity (Wildman–Crippen MR) is 79.6 cm³/mol. The number of carbonyl (C=O) groups is 1. The third kappa shape index (κ3) is 3.73. The second-order valence-electron chi connectivity index (χ2n) is 5.61. The summed E-state index contributed by atoms with van der Waals surface area (Å²) in [5.41, 5.74) is 6.90. The number of aryl methyl sites for hydroxylation is 1. The highest BCUT2D eigenvalue weighted by Crippen LogP contribution is 2.24. The summed E-state index contributed by atoms with van der Waals surface area (Å²) < 4.78 is 5.67. The molecule has 3 unspecified atom stereocenters. The van der Waals surface area contributed by atoms with Crippen molar-refractivity contribution in [1.82, 2.24) is 5.32 Å². The minimum absolute atomic E-state index is 0.0593. The molecular weight excluding hydrogens is 252 g/mol. The van der Waals surface area contributed by atoms with Crippen LogP contribution in [0.25, 0.3) is 0 Å². The van der Waals surface area contributed by atoms with E-state index in [0.717, 1.165) is 25.0 Å². The number of amides is 1. The molecule has 1 aromatic rings. The molecule has 0 saturated heterocycles. The van der Waals surface area contributed by atoms with Crippen molar-refractivity contribution in [2.24, 2.45) is 11.7 Å². The van der Waals surface area contributed by atoms with Crippen LogP contribution < -0.4 is 15.8 Å². The summed E-state index contributed by atoms with van der Waals surface area (Å²) in [4.78, 5) is 12.2. The van der Waals surface area contributed by atoms with Gasteiger partial charge in [0.05, 0.1) is 0 Å². The summed E-state index contributed by atoms with van der Waals surface area (Å²) in [7, 11) is 0. The van der Waals surface area contributed by atoms with Crippen LogP contribution in [0.2, 0.25) is 0 Å². The normalized spacial score (nSPS) is 23.4. The van der Waals surface area contributed by atoms with Crippen LogP contribution in [0.1, 0.15) is 31.7 Å². The number of ether oxygens (including phenoxy) is 1. The van der Waals surface area contributed by atoms with Crippen LogP contribution in [-0.2, 0) is 4.79 Å². The minimum Gasteiger partial charge on any atom is -0.481 e. The van der Waals surface area contributed by atoms with E-state index in [2.05, 4.69) is 5.32 Å². The molecule has 0 radical (unpaired) electrons. The first kappa shape index (κ1) is 14.9. The summed E-state index contributed by atoms with van der Waals surface area (Å²) in [5, 5.41) is 3.07. The Morgan fingerprint density at radius 1 is 1.40 bits per heavy atom. The average Bonchev–Trinajstić information content (AvgIpc) is 2.88. The summed E-state index contributed by atoms with van der Waals surface area (Å²) in [5.74, 6) is 1.07. The van der Waals surface area contributed by atoms with Crippen LogP contribution in [0.15, 0.2) is 24.3 Å². The van der Waals surface area contributed by atoms with Gasteiger partial charge in [0.1, 0.15) is 5.75 Å². The van der Waals surface area contributed by atoms with Crippen LogP contribution in [0.4, 0.5) is 0 Å². The molecule has 3 atom stereocenters. The quantitative estimate of drug-likeness (QED) is 0.864. The lowest BCUT2D eigenvalue weighted by Gasteiger charge is -2.22. The molecule has 1 amide bonds.